The third-order valence-electron chi connectivity index (χ3n) is 6.17. The largest absolute Gasteiger partial charge is 0.438 e. The Labute approximate surface area is 125 Å². The zero-order valence-electron chi connectivity index (χ0n) is 12.9. The molecule has 114 valence electrons. The van der Waals surface area contributed by atoms with Crippen LogP contribution in [0.3, 0.4) is 0 Å². The number of nitrogens with zero attached hydrogens (tertiary/aromatic N) is 1. The van der Waals surface area contributed by atoms with Gasteiger partial charge >= 0.3 is 5.91 Å². The number of hydrogen-bond donors (Lipinski definition) is 1. The van der Waals surface area contributed by atoms with E-state index in [0.717, 1.165) is 17.8 Å². The van der Waals surface area contributed by atoms with Gasteiger partial charge in [0.1, 0.15) is 5.76 Å². The molecule has 4 saturated carbocycles. The first-order valence-corrected chi connectivity index (χ1v) is 8.27. The molecule has 0 radical (unpaired) electrons. The first-order valence-electron chi connectivity index (χ1n) is 8.27. The molecule has 0 spiro atoms. The van der Waals surface area contributed by atoms with Gasteiger partial charge in [0.05, 0.1) is 6.20 Å². The minimum absolute atomic E-state index is 0.161. The number of aryl methyl sites for hydroxylation is 1. The highest BCUT2D eigenvalue weighted by atomic mass is 16.4. The van der Waals surface area contributed by atoms with Crippen molar-refractivity contribution in [1.82, 2.24) is 10.3 Å². The van der Waals surface area contributed by atoms with Crippen molar-refractivity contribution in [3.05, 3.63) is 17.8 Å². The van der Waals surface area contributed by atoms with Crippen LogP contribution in [0.15, 0.2) is 10.6 Å². The maximum Gasteiger partial charge on any atom is 0.307 e. The topological polar surface area (TPSA) is 55.1 Å². The first-order chi connectivity index (χ1) is 10.0. The van der Waals surface area contributed by atoms with E-state index in [1.54, 1.807) is 6.20 Å². The molecule has 1 atom stereocenters. The number of carbonyl (C=O) groups excluding carboxylic acids is 1. The lowest BCUT2D eigenvalue weighted by Crippen LogP contribution is -2.55. The van der Waals surface area contributed by atoms with Crippen LogP contribution < -0.4 is 5.32 Å². The van der Waals surface area contributed by atoms with E-state index < -0.39 is 0 Å². The highest BCUT2D eigenvalue weighted by Crippen LogP contribution is 2.61. The first kappa shape index (κ1) is 13.4. The van der Waals surface area contributed by atoms with Gasteiger partial charge in [-0.3, -0.25) is 4.79 Å². The van der Waals surface area contributed by atoms with E-state index in [1.165, 1.54) is 38.5 Å². The summed E-state index contributed by atoms with van der Waals surface area (Å²) in [6.07, 6.45) is 9.78. The van der Waals surface area contributed by atoms with Crippen molar-refractivity contribution >= 4 is 5.91 Å². The van der Waals surface area contributed by atoms with Gasteiger partial charge in [0, 0.05) is 6.04 Å². The Bertz CT molecular complexity index is 528. The van der Waals surface area contributed by atoms with Gasteiger partial charge in [0.25, 0.3) is 5.89 Å². The summed E-state index contributed by atoms with van der Waals surface area (Å²) in [5.41, 5.74) is 0.325. The van der Waals surface area contributed by atoms with Crippen molar-refractivity contribution in [1.29, 1.82) is 0 Å². The van der Waals surface area contributed by atoms with E-state index in [9.17, 15) is 4.79 Å². The van der Waals surface area contributed by atoms with Gasteiger partial charge in [-0.2, -0.15) is 0 Å². The monoisotopic (exact) mass is 288 g/mol. The molecule has 4 aliphatic rings. The summed E-state index contributed by atoms with van der Waals surface area (Å²) in [5, 5.41) is 3.17. The molecule has 1 N–H and O–H groups in total. The van der Waals surface area contributed by atoms with Gasteiger partial charge in [-0.05, 0) is 75.5 Å². The summed E-state index contributed by atoms with van der Waals surface area (Å²) in [5.74, 6) is 3.43. The third-order valence-corrected chi connectivity index (χ3v) is 6.17. The van der Waals surface area contributed by atoms with Crippen molar-refractivity contribution < 1.29 is 9.21 Å². The van der Waals surface area contributed by atoms with Crippen LogP contribution in [0, 0.1) is 30.1 Å². The normalized spacial score (nSPS) is 38.5. The fourth-order valence-electron chi connectivity index (χ4n) is 5.58. The molecule has 0 saturated heterocycles. The molecule has 5 rings (SSSR count). The summed E-state index contributed by atoms with van der Waals surface area (Å²) in [7, 11) is 0. The second kappa shape index (κ2) is 4.59. The van der Waals surface area contributed by atoms with E-state index >= 15 is 0 Å². The smallest absolute Gasteiger partial charge is 0.307 e. The van der Waals surface area contributed by atoms with Crippen LogP contribution in [0.5, 0.6) is 0 Å². The Balaban J connectivity index is 1.50. The van der Waals surface area contributed by atoms with Gasteiger partial charge in [0.2, 0.25) is 0 Å². The van der Waals surface area contributed by atoms with Gasteiger partial charge in [-0.25, -0.2) is 4.98 Å². The molecule has 4 heteroatoms. The summed E-state index contributed by atoms with van der Waals surface area (Å²) in [6, 6.07) is 0.214. The zero-order valence-corrected chi connectivity index (χ0v) is 12.9. The van der Waals surface area contributed by atoms with Crippen LogP contribution >= 0.6 is 0 Å². The second-order valence-corrected chi connectivity index (χ2v) is 7.75. The molecule has 4 nitrogen and oxygen atoms in total. The molecule has 0 aromatic carbocycles. The number of amides is 1. The van der Waals surface area contributed by atoms with Crippen LogP contribution in [0.4, 0.5) is 0 Å². The number of aromatic nitrogens is 1. The molecule has 1 aromatic heterocycles. The Hall–Kier alpha value is -1.32. The Morgan fingerprint density at radius 2 is 1.86 bits per heavy atom. The average Bonchev–Trinajstić information content (AvgIpc) is 2.84. The molecular formula is C17H24N2O2. The van der Waals surface area contributed by atoms with E-state index in [0.29, 0.717) is 11.2 Å². The highest BCUT2D eigenvalue weighted by molar-refractivity contribution is 5.89. The quantitative estimate of drug-likeness (QED) is 0.928. The van der Waals surface area contributed by atoms with Crippen LogP contribution in [-0.2, 0) is 0 Å². The minimum atomic E-state index is -0.161. The van der Waals surface area contributed by atoms with Crippen molar-refractivity contribution in [2.45, 2.75) is 58.4 Å². The zero-order chi connectivity index (χ0) is 14.6. The van der Waals surface area contributed by atoms with E-state index in [2.05, 4.69) is 17.2 Å². The summed E-state index contributed by atoms with van der Waals surface area (Å²) in [4.78, 5) is 16.3. The Kier molecular flexibility index (Phi) is 2.92. The number of rotatable bonds is 3. The minimum Gasteiger partial charge on any atom is -0.438 e. The van der Waals surface area contributed by atoms with E-state index in [-0.39, 0.29) is 17.8 Å². The van der Waals surface area contributed by atoms with Gasteiger partial charge in [-0.15, -0.1) is 0 Å². The van der Waals surface area contributed by atoms with Crippen molar-refractivity contribution in [3.8, 4) is 0 Å². The third kappa shape index (κ3) is 2.19. The predicted molar refractivity (Wildman–Crippen MR) is 78.8 cm³/mol. The van der Waals surface area contributed by atoms with E-state index in [4.69, 9.17) is 4.42 Å². The predicted octanol–water partition coefficient (Wildman–Crippen LogP) is 3.32. The standard InChI is InChI=1S/C17H24N2O2/c1-10-9-18-16(21-10)15(20)19-11(2)17-6-12-3-13(7-17)5-14(4-12)8-17/h9,11-14H,3-8H2,1-2H3,(H,19,20). The van der Waals surface area contributed by atoms with Crippen LogP contribution in [0.2, 0.25) is 0 Å². The van der Waals surface area contributed by atoms with Crippen molar-refractivity contribution in [3.63, 3.8) is 0 Å². The van der Waals surface area contributed by atoms with Crippen molar-refractivity contribution in [2.75, 3.05) is 0 Å². The molecule has 1 heterocycles. The Morgan fingerprint density at radius 1 is 1.29 bits per heavy atom. The molecule has 21 heavy (non-hydrogen) atoms. The number of hydrogen-bond acceptors (Lipinski definition) is 3. The summed E-state index contributed by atoms with van der Waals surface area (Å²) < 4.78 is 5.34. The summed E-state index contributed by atoms with van der Waals surface area (Å²) >= 11 is 0. The van der Waals surface area contributed by atoms with Crippen LogP contribution in [-0.4, -0.2) is 16.9 Å². The highest BCUT2D eigenvalue weighted by Gasteiger charge is 2.53. The molecule has 0 aliphatic heterocycles. The maximum atomic E-state index is 12.3. The lowest BCUT2D eigenvalue weighted by Gasteiger charge is -2.59. The fourth-order valence-corrected chi connectivity index (χ4v) is 5.58. The lowest BCUT2D eigenvalue weighted by atomic mass is 9.48. The number of carbonyl (C=O) groups is 1. The van der Waals surface area contributed by atoms with Gasteiger partial charge in [0.15, 0.2) is 0 Å². The van der Waals surface area contributed by atoms with Gasteiger partial charge in [-0.1, -0.05) is 0 Å². The molecule has 4 fully saturated rings. The van der Waals surface area contributed by atoms with Crippen LogP contribution in [0.25, 0.3) is 0 Å². The molecule has 1 amide bonds. The fraction of sp³-hybridized carbons (Fsp3) is 0.765. The SMILES string of the molecule is Cc1cnc(C(=O)NC(C)C23CC4CC(CC(C4)C2)C3)o1. The second-order valence-electron chi connectivity index (χ2n) is 7.75. The molecule has 4 aliphatic carbocycles. The van der Waals surface area contributed by atoms with Crippen LogP contribution in [0.1, 0.15) is 61.9 Å². The molecule has 1 unspecified atom stereocenters. The average molecular weight is 288 g/mol. The molecule has 1 aromatic rings. The molecular weight excluding hydrogens is 264 g/mol. The van der Waals surface area contributed by atoms with E-state index in [1.807, 2.05) is 6.92 Å². The summed E-state index contributed by atoms with van der Waals surface area (Å²) in [6.45, 7) is 3.99. The molecule has 4 bridgehead atoms. The lowest BCUT2D eigenvalue weighted by molar-refractivity contribution is -0.0689. The maximum absolute atomic E-state index is 12.3. The number of nitrogens with one attached hydrogen (secondary N) is 1. The van der Waals surface area contributed by atoms with Gasteiger partial charge < -0.3 is 9.73 Å². The van der Waals surface area contributed by atoms with Crippen molar-refractivity contribution in [2.24, 2.45) is 23.2 Å². The Morgan fingerprint density at radius 3 is 2.33 bits per heavy atom. The number of oxazole rings is 1.